The van der Waals surface area contributed by atoms with Crippen LogP contribution in [0.4, 0.5) is 40.7 Å². The first-order valence-electron chi connectivity index (χ1n) is 11.0. The summed E-state index contributed by atoms with van der Waals surface area (Å²) in [5, 5.41) is 14.5. The molecule has 37 heavy (non-hydrogen) atoms. The highest BCUT2D eigenvalue weighted by molar-refractivity contribution is 6.04. The van der Waals surface area contributed by atoms with Gasteiger partial charge in [0.25, 0.3) is 5.91 Å². The average Bonchev–Trinajstić information content (AvgIpc) is 3.18. The van der Waals surface area contributed by atoms with E-state index in [2.05, 4.69) is 20.6 Å². The Morgan fingerprint density at radius 1 is 1.19 bits per heavy atom. The zero-order valence-corrected chi connectivity index (χ0v) is 19.4. The number of halogens is 4. The van der Waals surface area contributed by atoms with Crippen LogP contribution in [-0.4, -0.2) is 52.2 Å². The molecule has 0 atom stereocenters. The van der Waals surface area contributed by atoms with Crippen LogP contribution in [0.15, 0.2) is 42.6 Å². The molecule has 4 rings (SSSR count). The highest BCUT2D eigenvalue weighted by Gasteiger charge is 2.36. The molecule has 0 unspecified atom stereocenters. The second-order valence-corrected chi connectivity index (χ2v) is 8.03. The Balaban J connectivity index is 1.69. The number of fused-ring (bicyclic) bond motifs is 1. The number of hydrogen-bond donors (Lipinski definition) is 3. The smallest absolute Gasteiger partial charge is 0.421 e. The molecule has 0 saturated carbocycles. The topological polar surface area (TPSA) is 117 Å². The summed E-state index contributed by atoms with van der Waals surface area (Å²) in [7, 11) is 1.30. The van der Waals surface area contributed by atoms with E-state index in [1.165, 1.54) is 36.3 Å². The lowest BCUT2D eigenvalue weighted by atomic mass is 10.1. The number of carbonyl (C=O) groups excluding carboxylic acids is 1. The van der Waals surface area contributed by atoms with Gasteiger partial charge in [-0.2, -0.15) is 18.2 Å². The standard InChI is InChI=1S/C24H21F4N5O4/c1-37-18-10-13(22(35)36)6-7-16(18)31-23-29-11-15(24(26,27)28)20(32-23)30-17-5-2-4-14-12-33(9-3-8-25)21(34)19(14)17/h2,4-7,10-11H,3,8-9,12H2,1H3,(H,35,36)(H2,29,30,31,32). The van der Waals surface area contributed by atoms with Crippen LogP contribution in [0.25, 0.3) is 0 Å². The molecule has 1 amide bonds. The maximum absolute atomic E-state index is 13.8. The second-order valence-electron chi connectivity index (χ2n) is 8.03. The molecule has 13 heteroatoms. The van der Waals surface area contributed by atoms with Gasteiger partial charge in [-0.05, 0) is 36.2 Å². The van der Waals surface area contributed by atoms with Crippen LogP contribution in [0.3, 0.4) is 0 Å². The number of aromatic nitrogens is 2. The van der Waals surface area contributed by atoms with E-state index in [0.717, 1.165) is 0 Å². The van der Waals surface area contributed by atoms with Gasteiger partial charge in [0.2, 0.25) is 5.95 Å². The maximum Gasteiger partial charge on any atom is 0.421 e. The number of aromatic carboxylic acids is 1. The van der Waals surface area contributed by atoms with Gasteiger partial charge in [0.05, 0.1) is 36.3 Å². The molecule has 3 aromatic rings. The van der Waals surface area contributed by atoms with E-state index in [9.17, 15) is 27.2 Å². The predicted molar refractivity (Wildman–Crippen MR) is 125 cm³/mol. The fraction of sp³-hybridized carbons (Fsp3) is 0.250. The van der Waals surface area contributed by atoms with Crippen LogP contribution in [0.1, 0.15) is 38.3 Å². The predicted octanol–water partition coefficient (Wildman–Crippen LogP) is 5.00. The molecule has 2 heterocycles. The summed E-state index contributed by atoms with van der Waals surface area (Å²) in [5.74, 6) is -2.33. The number of alkyl halides is 4. The molecule has 0 aliphatic carbocycles. The van der Waals surface area contributed by atoms with Gasteiger partial charge in [-0.15, -0.1) is 0 Å². The third-order valence-corrected chi connectivity index (χ3v) is 5.62. The number of ether oxygens (including phenoxy) is 1. The number of benzene rings is 2. The van der Waals surface area contributed by atoms with Crippen LogP contribution in [0, 0.1) is 0 Å². The van der Waals surface area contributed by atoms with E-state index in [1.54, 1.807) is 12.1 Å². The van der Waals surface area contributed by atoms with Gasteiger partial charge >= 0.3 is 12.1 Å². The first-order valence-corrected chi connectivity index (χ1v) is 11.0. The minimum Gasteiger partial charge on any atom is -0.495 e. The molecule has 3 N–H and O–H groups in total. The van der Waals surface area contributed by atoms with Gasteiger partial charge < -0.3 is 25.4 Å². The van der Waals surface area contributed by atoms with E-state index in [1.807, 2.05) is 0 Å². The molecule has 0 bridgehead atoms. The van der Waals surface area contributed by atoms with Crippen molar-refractivity contribution in [3.05, 3.63) is 64.8 Å². The van der Waals surface area contributed by atoms with Crippen LogP contribution in [0.2, 0.25) is 0 Å². The Labute approximate surface area is 208 Å². The van der Waals surface area contributed by atoms with E-state index in [0.29, 0.717) is 11.8 Å². The third kappa shape index (κ3) is 5.39. The molecule has 9 nitrogen and oxygen atoms in total. The van der Waals surface area contributed by atoms with Gasteiger partial charge in [-0.25, -0.2) is 9.78 Å². The number of methoxy groups -OCH3 is 1. The Kier molecular flexibility index (Phi) is 7.14. The Bertz CT molecular complexity index is 1350. The zero-order valence-electron chi connectivity index (χ0n) is 19.4. The number of rotatable bonds is 9. The van der Waals surface area contributed by atoms with Crippen molar-refractivity contribution >= 4 is 35.0 Å². The number of carboxylic acid groups (broad SMARTS) is 1. The lowest BCUT2D eigenvalue weighted by Crippen LogP contribution is -2.25. The van der Waals surface area contributed by atoms with E-state index in [-0.39, 0.29) is 53.7 Å². The molecule has 194 valence electrons. The van der Waals surface area contributed by atoms with E-state index < -0.39 is 36.1 Å². The molecular formula is C24H21F4N5O4. The van der Waals surface area contributed by atoms with E-state index >= 15 is 0 Å². The number of hydrogen-bond acceptors (Lipinski definition) is 7. The van der Waals surface area contributed by atoms with Crippen LogP contribution in [0.5, 0.6) is 5.75 Å². The number of anilines is 4. The summed E-state index contributed by atoms with van der Waals surface area (Å²) in [6.07, 6.45) is -4.07. The molecule has 1 aliphatic heterocycles. The van der Waals surface area contributed by atoms with Gasteiger partial charge in [-0.3, -0.25) is 9.18 Å². The Morgan fingerprint density at radius 3 is 2.65 bits per heavy atom. The summed E-state index contributed by atoms with van der Waals surface area (Å²) < 4.78 is 59.1. The van der Waals surface area contributed by atoms with Crippen molar-refractivity contribution in [2.24, 2.45) is 0 Å². The minimum absolute atomic E-state index is 0.0544. The van der Waals surface area contributed by atoms with Crippen molar-refractivity contribution in [3.8, 4) is 5.75 Å². The van der Waals surface area contributed by atoms with Crippen LogP contribution < -0.4 is 15.4 Å². The molecular weight excluding hydrogens is 498 g/mol. The largest absolute Gasteiger partial charge is 0.495 e. The maximum atomic E-state index is 13.8. The molecule has 1 aromatic heterocycles. The summed E-state index contributed by atoms with van der Waals surface area (Å²) in [6.45, 7) is -0.194. The number of carboxylic acids is 1. The molecule has 0 saturated heterocycles. The van der Waals surface area contributed by atoms with Gasteiger partial charge in [0.1, 0.15) is 17.1 Å². The van der Waals surface area contributed by atoms with Crippen molar-refractivity contribution in [1.82, 2.24) is 14.9 Å². The van der Waals surface area contributed by atoms with Crippen molar-refractivity contribution in [1.29, 1.82) is 0 Å². The van der Waals surface area contributed by atoms with Gasteiger partial charge in [-0.1, -0.05) is 12.1 Å². The monoisotopic (exact) mass is 519 g/mol. The van der Waals surface area contributed by atoms with E-state index in [4.69, 9.17) is 9.84 Å². The van der Waals surface area contributed by atoms with Crippen LogP contribution in [-0.2, 0) is 12.7 Å². The van der Waals surface area contributed by atoms with Crippen molar-refractivity contribution in [2.45, 2.75) is 19.1 Å². The number of nitrogens with zero attached hydrogens (tertiary/aromatic N) is 3. The fourth-order valence-electron chi connectivity index (χ4n) is 3.88. The molecule has 1 aliphatic rings. The molecule has 0 spiro atoms. The van der Waals surface area contributed by atoms with Crippen LogP contribution >= 0.6 is 0 Å². The lowest BCUT2D eigenvalue weighted by molar-refractivity contribution is -0.137. The summed E-state index contributed by atoms with van der Waals surface area (Å²) in [6, 6.07) is 8.61. The van der Waals surface area contributed by atoms with Crippen molar-refractivity contribution < 1.29 is 37.0 Å². The quantitative estimate of drug-likeness (QED) is 0.338. The molecule has 0 radical (unpaired) electrons. The number of carbonyl (C=O) groups is 2. The van der Waals surface area contributed by atoms with Gasteiger partial charge in [0, 0.05) is 19.3 Å². The van der Waals surface area contributed by atoms with Crippen molar-refractivity contribution in [2.75, 3.05) is 31.0 Å². The van der Waals surface area contributed by atoms with Crippen molar-refractivity contribution in [3.63, 3.8) is 0 Å². The SMILES string of the molecule is COc1cc(C(=O)O)ccc1Nc1ncc(C(F)(F)F)c(Nc2cccc3c2C(=O)N(CCCF)C3)n1. The molecule has 0 fully saturated rings. The highest BCUT2D eigenvalue weighted by atomic mass is 19.4. The average molecular weight is 519 g/mol. The highest BCUT2D eigenvalue weighted by Crippen LogP contribution is 2.38. The number of amides is 1. The zero-order chi connectivity index (χ0) is 26.7. The lowest BCUT2D eigenvalue weighted by Gasteiger charge is -2.17. The minimum atomic E-state index is -4.81. The first kappa shape index (κ1) is 25.7. The fourth-order valence-corrected chi connectivity index (χ4v) is 3.88. The molecule has 2 aromatic carbocycles. The summed E-state index contributed by atoms with van der Waals surface area (Å²) >= 11 is 0. The second kappa shape index (κ2) is 10.3. The van der Waals surface area contributed by atoms with Gasteiger partial charge in [0.15, 0.2) is 0 Å². The normalized spacial score (nSPS) is 12.9. The number of nitrogens with one attached hydrogen (secondary N) is 2. The first-order chi connectivity index (χ1) is 17.6. The summed E-state index contributed by atoms with van der Waals surface area (Å²) in [4.78, 5) is 33.3. The Morgan fingerprint density at radius 2 is 1.97 bits per heavy atom. The Hall–Kier alpha value is -4.42. The third-order valence-electron chi connectivity index (χ3n) is 5.62. The summed E-state index contributed by atoms with van der Waals surface area (Å²) in [5.41, 5.74) is -0.0993.